The summed E-state index contributed by atoms with van der Waals surface area (Å²) in [6.45, 7) is 0.253. The monoisotopic (exact) mass is 186 g/mol. The van der Waals surface area contributed by atoms with Gasteiger partial charge in [0.1, 0.15) is 11.6 Å². The number of ketones is 2. The van der Waals surface area contributed by atoms with E-state index in [1.165, 1.54) is 0 Å². The average molecular weight is 186 g/mol. The molecule has 0 aromatic rings. The molecular formula is C9H18N2O2. The highest BCUT2D eigenvalue weighted by Gasteiger charge is 2.00. The molecule has 0 spiro atoms. The molecule has 0 aromatic carbocycles. The highest BCUT2D eigenvalue weighted by Crippen LogP contribution is 2.03. The predicted octanol–water partition coefficient (Wildman–Crippen LogP) is -0.00750. The lowest BCUT2D eigenvalue weighted by Gasteiger charge is -1.98. The van der Waals surface area contributed by atoms with Crippen LogP contribution in [0, 0.1) is 0 Å². The van der Waals surface area contributed by atoms with E-state index in [0.29, 0.717) is 12.8 Å². The van der Waals surface area contributed by atoms with Crippen LogP contribution in [0.25, 0.3) is 0 Å². The Bertz CT molecular complexity index is 151. The molecule has 13 heavy (non-hydrogen) atoms. The molecule has 4 nitrogen and oxygen atoms in total. The summed E-state index contributed by atoms with van der Waals surface area (Å²) >= 11 is 0. The van der Waals surface area contributed by atoms with Crippen LogP contribution in [0.4, 0.5) is 0 Å². The second kappa shape index (κ2) is 7.89. The molecule has 0 rings (SSSR count). The first-order valence-electron chi connectivity index (χ1n) is 4.64. The number of unbranched alkanes of at least 4 members (excludes halogenated alkanes) is 2. The zero-order valence-corrected chi connectivity index (χ0v) is 7.92. The van der Waals surface area contributed by atoms with Gasteiger partial charge in [-0.2, -0.15) is 0 Å². The van der Waals surface area contributed by atoms with E-state index in [1.807, 2.05) is 0 Å². The zero-order chi connectivity index (χ0) is 10.1. The van der Waals surface area contributed by atoms with Gasteiger partial charge in [-0.1, -0.05) is 6.42 Å². The molecule has 0 saturated heterocycles. The van der Waals surface area contributed by atoms with Crippen LogP contribution in [0.1, 0.15) is 32.1 Å². The summed E-state index contributed by atoms with van der Waals surface area (Å²) in [5, 5.41) is 0. The minimum atomic E-state index is 0.0881. The van der Waals surface area contributed by atoms with E-state index in [2.05, 4.69) is 0 Å². The highest BCUT2D eigenvalue weighted by atomic mass is 16.1. The molecule has 0 fully saturated rings. The lowest BCUT2D eigenvalue weighted by atomic mass is 10.1. The maximum absolute atomic E-state index is 10.8. The topological polar surface area (TPSA) is 86.2 Å². The standard InChI is InChI=1S/C9H18N2O2/c10-6-8(12)4-2-1-3-5-9(13)7-11/h1-7,10-11H2. The summed E-state index contributed by atoms with van der Waals surface area (Å²) in [5.41, 5.74) is 10.3. The van der Waals surface area contributed by atoms with E-state index in [4.69, 9.17) is 11.5 Å². The van der Waals surface area contributed by atoms with Crippen LogP contribution in [0.15, 0.2) is 0 Å². The van der Waals surface area contributed by atoms with Crippen LogP contribution in [-0.4, -0.2) is 24.7 Å². The van der Waals surface area contributed by atoms with Crippen molar-refractivity contribution in [2.75, 3.05) is 13.1 Å². The van der Waals surface area contributed by atoms with Crippen molar-refractivity contribution in [2.24, 2.45) is 11.5 Å². The summed E-state index contributed by atoms with van der Waals surface area (Å²) in [7, 11) is 0. The van der Waals surface area contributed by atoms with Crippen LogP contribution in [0.5, 0.6) is 0 Å². The van der Waals surface area contributed by atoms with Gasteiger partial charge in [0.15, 0.2) is 0 Å². The van der Waals surface area contributed by atoms with Gasteiger partial charge >= 0.3 is 0 Å². The summed E-state index contributed by atoms with van der Waals surface area (Å²) < 4.78 is 0. The lowest BCUT2D eigenvalue weighted by molar-refractivity contribution is -0.118. The van der Waals surface area contributed by atoms with Crippen LogP contribution in [0.3, 0.4) is 0 Å². The number of rotatable bonds is 8. The van der Waals surface area contributed by atoms with Gasteiger partial charge in [0.25, 0.3) is 0 Å². The number of nitrogens with two attached hydrogens (primary N) is 2. The molecule has 0 amide bonds. The summed E-state index contributed by atoms with van der Waals surface area (Å²) in [5.74, 6) is 0.176. The van der Waals surface area contributed by atoms with Crippen molar-refractivity contribution >= 4 is 11.6 Å². The van der Waals surface area contributed by atoms with E-state index in [0.717, 1.165) is 19.3 Å². The van der Waals surface area contributed by atoms with Crippen molar-refractivity contribution in [3.8, 4) is 0 Å². The number of carbonyl (C=O) groups is 2. The van der Waals surface area contributed by atoms with Crippen molar-refractivity contribution in [3.05, 3.63) is 0 Å². The predicted molar refractivity (Wildman–Crippen MR) is 51.2 cm³/mol. The largest absolute Gasteiger partial charge is 0.324 e. The summed E-state index contributed by atoms with van der Waals surface area (Å²) in [4.78, 5) is 21.5. The van der Waals surface area contributed by atoms with E-state index >= 15 is 0 Å². The van der Waals surface area contributed by atoms with Gasteiger partial charge in [0.2, 0.25) is 0 Å². The van der Waals surface area contributed by atoms with Gasteiger partial charge in [-0.25, -0.2) is 0 Å². The first-order chi connectivity index (χ1) is 6.20. The van der Waals surface area contributed by atoms with Crippen LogP contribution in [0.2, 0.25) is 0 Å². The third kappa shape index (κ3) is 7.62. The fourth-order valence-electron chi connectivity index (χ4n) is 1.03. The van der Waals surface area contributed by atoms with Crippen molar-refractivity contribution in [1.82, 2.24) is 0 Å². The Morgan fingerprint density at radius 3 is 1.46 bits per heavy atom. The number of carbonyl (C=O) groups excluding carboxylic acids is 2. The molecule has 0 saturated carbocycles. The Balaban J connectivity index is 3.17. The van der Waals surface area contributed by atoms with Gasteiger partial charge < -0.3 is 11.5 Å². The molecule has 0 aliphatic heterocycles. The molecule has 0 unspecified atom stereocenters. The smallest absolute Gasteiger partial charge is 0.146 e. The maximum Gasteiger partial charge on any atom is 0.146 e. The van der Waals surface area contributed by atoms with Crippen molar-refractivity contribution in [2.45, 2.75) is 32.1 Å². The first kappa shape index (κ1) is 12.3. The number of Topliss-reactive ketones (excluding diaryl/α,β-unsaturated/α-hetero) is 2. The van der Waals surface area contributed by atoms with Gasteiger partial charge in [-0.3, -0.25) is 9.59 Å². The van der Waals surface area contributed by atoms with Crippen molar-refractivity contribution in [1.29, 1.82) is 0 Å². The van der Waals surface area contributed by atoms with Gasteiger partial charge in [0, 0.05) is 12.8 Å². The highest BCUT2D eigenvalue weighted by molar-refractivity contribution is 5.80. The third-order valence-corrected chi connectivity index (χ3v) is 1.87. The first-order valence-corrected chi connectivity index (χ1v) is 4.64. The minimum Gasteiger partial charge on any atom is -0.324 e. The number of hydrogen-bond donors (Lipinski definition) is 2. The molecule has 0 heterocycles. The van der Waals surface area contributed by atoms with E-state index in [1.54, 1.807) is 0 Å². The SMILES string of the molecule is NCC(=O)CCCCCC(=O)CN. The van der Waals surface area contributed by atoms with Gasteiger partial charge in [0.05, 0.1) is 13.1 Å². The van der Waals surface area contributed by atoms with Gasteiger partial charge in [-0.05, 0) is 12.8 Å². The van der Waals surface area contributed by atoms with E-state index in [9.17, 15) is 9.59 Å². The van der Waals surface area contributed by atoms with E-state index < -0.39 is 0 Å². The van der Waals surface area contributed by atoms with Crippen molar-refractivity contribution < 1.29 is 9.59 Å². The molecule has 0 radical (unpaired) electrons. The van der Waals surface area contributed by atoms with Crippen LogP contribution < -0.4 is 11.5 Å². The maximum atomic E-state index is 10.8. The lowest BCUT2D eigenvalue weighted by Crippen LogP contribution is -2.13. The second-order valence-electron chi connectivity index (χ2n) is 3.05. The van der Waals surface area contributed by atoms with Crippen LogP contribution >= 0.6 is 0 Å². The quantitative estimate of drug-likeness (QED) is 0.522. The fraction of sp³-hybridized carbons (Fsp3) is 0.778. The number of hydrogen-bond acceptors (Lipinski definition) is 4. The molecule has 76 valence electrons. The molecular weight excluding hydrogens is 168 g/mol. The second-order valence-corrected chi connectivity index (χ2v) is 3.05. The Hall–Kier alpha value is -0.740. The molecule has 0 aliphatic carbocycles. The van der Waals surface area contributed by atoms with E-state index in [-0.39, 0.29) is 24.7 Å². The minimum absolute atomic E-state index is 0.0881. The fourth-order valence-corrected chi connectivity index (χ4v) is 1.03. The molecule has 0 aromatic heterocycles. The molecule has 0 bridgehead atoms. The molecule has 0 atom stereocenters. The molecule has 0 aliphatic rings. The van der Waals surface area contributed by atoms with Gasteiger partial charge in [-0.15, -0.1) is 0 Å². The normalized spacial score (nSPS) is 10.0. The molecule has 4 N–H and O–H groups in total. The Labute approximate surface area is 78.7 Å². The Kier molecular flexibility index (Phi) is 7.44. The summed E-state index contributed by atoms with van der Waals surface area (Å²) in [6.07, 6.45) is 3.62. The Morgan fingerprint density at radius 2 is 1.15 bits per heavy atom. The third-order valence-electron chi connectivity index (χ3n) is 1.87. The van der Waals surface area contributed by atoms with Crippen molar-refractivity contribution in [3.63, 3.8) is 0 Å². The summed E-state index contributed by atoms with van der Waals surface area (Å²) in [6, 6.07) is 0. The zero-order valence-electron chi connectivity index (χ0n) is 7.92. The molecule has 4 heteroatoms. The average Bonchev–Trinajstić information content (AvgIpc) is 2.16. The Morgan fingerprint density at radius 1 is 0.769 bits per heavy atom. The van der Waals surface area contributed by atoms with Crippen LogP contribution in [-0.2, 0) is 9.59 Å².